The molecule has 0 aliphatic heterocycles. The first kappa shape index (κ1) is 16.2. The predicted molar refractivity (Wildman–Crippen MR) is 89.0 cm³/mol. The molecule has 2 aromatic heterocycles. The van der Waals surface area contributed by atoms with Crippen LogP contribution in [0.4, 0.5) is 0 Å². The minimum atomic E-state index is -3.68. The second kappa shape index (κ2) is 6.42. The Morgan fingerprint density at radius 3 is 2.58 bits per heavy atom. The molecular weight excluding hydrogens is 328 g/mol. The Labute approximate surface area is 139 Å². The Hall–Kier alpha value is -2.71. The van der Waals surface area contributed by atoms with Gasteiger partial charge in [0, 0.05) is 12.7 Å². The third kappa shape index (κ3) is 3.61. The molecule has 0 saturated heterocycles. The minimum absolute atomic E-state index is 0.0694. The lowest BCUT2D eigenvalue weighted by atomic mass is 10.1. The number of amides is 1. The summed E-state index contributed by atoms with van der Waals surface area (Å²) >= 11 is 0. The molecule has 0 unspecified atom stereocenters. The monoisotopic (exact) mass is 344 g/mol. The molecule has 0 fully saturated rings. The van der Waals surface area contributed by atoms with E-state index in [4.69, 9.17) is 5.14 Å². The Balaban J connectivity index is 1.58. The number of fused-ring (bicyclic) bond motifs is 1. The van der Waals surface area contributed by atoms with Gasteiger partial charge in [-0.25, -0.2) is 18.1 Å². The van der Waals surface area contributed by atoms with Crippen molar-refractivity contribution in [1.29, 1.82) is 0 Å². The van der Waals surface area contributed by atoms with E-state index in [2.05, 4.69) is 10.4 Å². The normalized spacial score (nSPS) is 11.5. The zero-order valence-corrected chi connectivity index (χ0v) is 13.5. The molecule has 2 heterocycles. The minimum Gasteiger partial charge on any atom is -0.350 e. The summed E-state index contributed by atoms with van der Waals surface area (Å²) in [6.45, 7) is 0.418. The molecule has 1 amide bonds. The van der Waals surface area contributed by atoms with Crippen molar-refractivity contribution in [3.8, 4) is 0 Å². The zero-order valence-electron chi connectivity index (χ0n) is 12.7. The highest BCUT2D eigenvalue weighted by Crippen LogP contribution is 2.09. The van der Waals surface area contributed by atoms with E-state index in [1.165, 1.54) is 12.1 Å². The van der Waals surface area contributed by atoms with Crippen molar-refractivity contribution in [1.82, 2.24) is 14.9 Å². The number of nitrogens with two attached hydrogens (primary N) is 1. The van der Waals surface area contributed by atoms with E-state index in [9.17, 15) is 13.2 Å². The summed E-state index contributed by atoms with van der Waals surface area (Å²) < 4.78 is 24.0. The maximum atomic E-state index is 12.1. The second-order valence-electron chi connectivity index (χ2n) is 5.29. The molecule has 3 rings (SSSR count). The quantitative estimate of drug-likeness (QED) is 0.719. The Morgan fingerprint density at radius 2 is 1.92 bits per heavy atom. The van der Waals surface area contributed by atoms with Crippen LogP contribution in [0.3, 0.4) is 0 Å². The SMILES string of the molecule is NS(=O)(=O)c1ccc(CCNC(=O)c2cc3ccccn3n2)cc1. The highest BCUT2D eigenvalue weighted by Gasteiger charge is 2.10. The number of carbonyl (C=O) groups excluding carboxylic acids is 1. The van der Waals surface area contributed by atoms with Gasteiger partial charge in [-0.3, -0.25) is 4.79 Å². The summed E-state index contributed by atoms with van der Waals surface area (Å²) in [5, 5.41) is 12.0. The van der Waals surface area contributed by atoms with E-state index >= 15 is 0 Å². The van der Waals surface area contributed by atoms with E-state index in [-0.39, 0.29) is 10.8 Å². The van der Waals surface area contributed by atoms with Gasteiger partial charge in [-0.2, -0.15) is 5.10 Å². The predicted octanol–water partition coefficient (Wildman–Crippen LogP) is 0.954. The molecule has 8 heteroatoms. The number of hydrogen-bond acceptors (Lipinski definition) is 4. The lowest BCUT2D eigenvalue weighted by molar-refractivity contribution is 0.0949. The van der Waals surface area contributed by atoms with Crippen molar-refractivity contribution in [2.45, 2.75) is 11.3 Å². The van der Waals surface area contributed by atoms with Crippen LogP contribution in [0.1, 0.15) is 16.1 Å². The van der Waals surface area contributed by atoms with Gasteiger partial charge in [0.25, 0.3) is 5.91 Å². The van der Waals surface area contributed by atoms with Crippen molar-refractivity contribution in [2.75, 3.05) is 6.54 Å². The molecule has 0 aliphatic rings. The van der Waals surface area contributed by atoms with Gasteiger partial charge in [0.2, 0.25) is 10.0 Å². The molecule has 24 heavy (non-hydrogen) atoms. The first-order chi connectivity index (χ1) is 11.4. The zero-order chi connectivity index (χ0) is 17.2. The smallest absolute Gasteiger partial charge is 0.271 e. The van der Waals surface area contributed by atoms with Gasteiger partial charge in [-0.15, -0.1) is 0 Å². The summed E-state index contributed by atoms with van der Waals surface area (Å²) in [6.07, 6.45) is 2.35. The van der Waals surface area contributed by atoms with E-state index < -0.39 is 10.0 Å². The number of primary sulfonamides is 1. The van der Waals surface area contributed by atoms with Crippen molar-refractivity contribution in [3.05, 3.63) is 66.0 Å². The third-order valence-corrected chi connectivity index (χ3v) is 4.48. The number of sulfonamides is 1. The molecular formula is C16H16N4O3S. The fourth-order valence-electron chi connectivity index (χ4n) is 2.31. The summed E-state index contributed by atoms with van der Waals surface area (Å²) in [5.41, 5.74) is 2.10. The topological polar surface area (TPSA) is 107 Å². The van der Waals surface area contributed by atoms with Crippen LogP contribution in [0.2, 0.25) is 0 Å². The lowest BCUT2D eigenvalue weighted by Gasteiger charge is -2.04. The number of nitrogens with zero attached hydrogens (tertiary/aromatic N) is 2. The largest absolute Gasteiger partial charge is 0.350 e. The standard InChI is InChI=1S/C16H16N4O3S/c17-24(22,23)14-6-4-12(5-7-14)8-9-18-16(21)15-11-13-3-1-2-10-20(13)19-15/h1-7,10-11H,8-9H2,(H,18,21)(H2,17,22,23). The van der Waals surface area contributed by atoms with Crippen LogP contribution < -0.4 is 10.5 Å². The molecule has 7 nitrogen and oxygen atoms in total. The molecule has 0 saturated carbocycles. The van der Waals surface area contributed by atoms with Gasteiger partial charge >= 0.3 is 0 Å². The Kier molecular flexibility index (Phi) is 4.32. The van der Waals surface area contributed by atoms with E-state index in [1.54, 1.807) is 28.9 Å². The van der Waals surface area contributed by atoms with E-state index in [0.29, 0.717) is 18.7 Å². The number of rotatable bonds is 5. The third-order valence-electron chi connectivity index (χ3n) is 3.55. The summed E-state index contributed by atoms with van der Waals surface area (Å²) in [4.78, 5) is 12.2. The number of hydrogen-bond donors (Lipinski definition) is 2. The Bertz CT molecular complexity index is 945. The van der Waals surface area contributed by atoms with Crippen molar-refractivity contribution >= 4 is 21.4 Å². The highest BCUT2D eigenvalue weighted by molar-refractivity contribution is 7.89. The molecule has 0 radical (unpaired) electrons. The van der Waals surface area contributed by atoms with Crippen molar-refractivity contribution in [2.24, 2.45) is 5.14 Å². The molecule has 0 spiro atoms. The van der Waals surface area contributed by atoms with E-state index in [1.807, 2.05) is 18.2 Å². The fourth-order valence-corrected chi connectivity index (χ4v) is 2.82. The first-order valence-electron chi connectivity index (χ1n) is 7.28. The number of aromatic nitrogens is 2. The highest BCUT2D eigenvalue weighted by atomic mass is 32.2. The molecule has 3 aromatic rings. The molecule has 0 bridgehead atoms. The number of pyridine rings is 1. The van der Waals surface area contributed by atoms with Crippen LogP contribution >= 0.6 is 0 Å². The van der Waals surface area contributed by atoms with Crippen LogP contribution in [-0.2, 0) is 16.4 Å². The second-order valence-corrected chi connectivity index (χ2v) is 6.86. The number of benzene rings is 1. The molecule has 3 N–H and O–H groups in total. The number of carbonyl (C=O) groups is 1. The van der Waals surface area contributed by atoms with Gasteiger partial charge in [0.1, 0.15) is 0 Å². The Morgan fingerprint density at radius 1 is 1.17 bits per heavy atom. The molecule has 0 aliphatic carbocycles. The van der Waals surface area contributed by atoms with Crippen LogP contribution in [0.5, 0.6) is 0 Å². The van der Waals surface area contributed by atoms with Crippen LogP contribution in [0, 0.1) is 0 Å². The first-order valence-corrected chi connectivity index (χ1v) is 8.82. The number of nitrogens with one attached hydrogen (secondary N) is 1. The van der Waals surface area contributed by atoms with Gasteiger partial charge in [0.05, 0.1) is 10.4 Å². The summed E-state index contributed by atoms with van der Waals surface area (Å²) in [7, 11) is -3.68. The molecule has 124 valence electrons. The van der Waals surface area contributed by atoms with Gasteiger partial charge < -0.3 is 5.32 Å². The van der Waals surface area contributed by atoms with Crippen LogP contribution in [0.25, 0.3) is 5.52 Å². The fraction of sp³-hybridized carbons (Fsp3) is 0.125. The maximum Gasteiger partial charge on any atom is 0.271 e. The summed E-state index contributed by atoms with van der Waals surface area (Å²) in [5.74, 6) is -0.250. The van der Waals surface area contributed by atoms with Crippen LogP contribution in [-0.4, -0.2) is 30.5 Å². The molecule has 1 aromatic carbocycles. The average molecular weight is 344 g/mol. The van der Waals surface area contributed by atoms with Crippen LogP contribution in [0.15, 0.2) is 59.6 Å². The molecule has 0 atom stereocenters. The van der Waals surface area contributed by atoms with Crippen molar-refractivity contribution in [3.63, 3.8) is 0 Å². The maximum absolute atomic E-state index is 12.1. The van der Waals surface area contributed by atoms with Gasteiger partial charge in [-0.1, -0.05) is 18.2 Å². The van der Waals surface area contributed by atoms with Gasteiger partial charge in [0.15, 0.2) is 5.69 Å². The van der Waals surface area contributed by atoms with Crippen molar-refractivity contribution < 1.29 is 13.2 Å². The summed E-state index contributed by atoms with van der Waals surface area (Å²) in [6, 6.07) is 13.6. The lowest BCUT2D eigenvalue weighted by Crippen LogP contribution is -2.26. The average Bonchev–Trinajstić information content (AvgIpc) is 2.98. The van der Waals surface area contributed by atoms with Gasteiger partial charge in [-0.05, 0) is 42.3 Å². The van der Waals surface area contributed by atoms with E-state index in [0.717, 1.165) is 11.1 Å².